The third kappa shape index (κ3) is 4.21. The number of rotatable bonds is 3. The molecule has 2 fully saturated rings. The summed E-state index contributed by atoms with van der Waals surface area (Å²) in [7, 11) is -3.22. The van der Waals surface area contributed by atoms with E-state index in [0.717, 1.165) is 25.3 Å². The Morgan fingerprint density at radius 3 is 2.68 bits per heavy atom. The predicted octanol–water partition coefficient (Wildman–Crippen LogP) is 0.336. The van der Waals surface area contributed by atoms with Crippen molar-refractivity contribution < 1.29 is 13.2 Å². The highest BCUT2D eigenvalue weighted by Crippen LogP contribution is 2.18. The van der Waals surface area contributed by atoms with Crippen LogP contribution in [0.1, 0.15) is 13.3 Å². The summed E-state index contributed by atoms with van der Waals surface area (Å²) in [6.07, 6.45) is 3.86. The Kier molecular flexibility index (Phi) is 5.14. The summed E-state index contributed by atoms with van der Waals surface area (Å²) < 4.78 is 24.9. The Balaban J connectivity index is 1.52. The van der Waals surface area contributed by atoms with E-state index in [9.17, 15) is 13.2 Å². The van der Waals surface area contributed by atoms with Gasteiger partial charge in [-0.25, -0.2) is 18.2 Å². The lowest BCUT2D eigenvalue weighted by molar-refractivity contribution is 0.146. The molecule has 25 heavy (non-hydrogen) atoms. The van der Waals surface area contributed by atoms with Crippen LogP contribution in [0.3, 0.4) is 0 Å². The summed E-state index contributed by atoms with van der Waals surface area (Å²) in [6, 6.07) is 5.57. The van der Waals surface area contributed by atoms with E-state index >= 15 is 0 Å². The van der Waals surface area contributed by atoms with Crippen LogP contribution >= 0.6 is 0 Å². The maximum absolute atomic E-state index is 12.5. The number of piperazine rings is 1. The third-order valence-corrected chi connectivity index (χ3v) is 6.16. The molecule has 0 spiro atoms. The van der Waals surface area contributed by atoms with Crippen molar-refractivity contribution in [2.24, 2.45) is 0 Å². The maximum atomic E-state index is 12.5. The van der Waals surface area contributed by atoms with Gasteiger partial charge in [-0.05, 0) is 25.5 Å². The monoisotopic (exact) mass is 367 g/mol. The van der Waals surface area contributed by atoms with E-state index in [1.807, 2.05) is 25.1 Å². The van der Waals surface area contributed by atoms with Gasteiger partial charge < -0.3 is 15.1 Å². The molecular weight excluding hydrogens is 342 g/mol. The standard InChI is InChI=1S/C16H25N5O3S/c1-13-11-20(9-10-21(13)25(2,23)24)16(22)18-14-6-8-19(12-14)15-5-3-4-7-17-15/h3-5,7,13-14H,6,8-12H2,1-2H3,(H,18,22)/t13-,14?/m0/s1. The number of aromatic nitrogens is 1. The number of urea groups is 1. The number of nitrogens with zero attached hydrogens (tertiary/aromatic N) is 4. The van der Waals surface area contributed by atoms with Crippen molar-refractivity contribution in [3.63, 3.8) is 0 Å². The number of hydrogen-bond acceptors (Lipinski definition) is 5. The van der Waals surface area contributed by atoms with Crippen LogP contribution in [-0.4, -0.2) is 79.7 Å². The third-order valence-electron chi connectivity index (χ3n) is 4.77. The van der Waals surface area contributed by atoms with Crippen molar-refractivity contribution in [3.8, 4) is 0 Å². The van der Waals surface area contributed by atoms with Crippen molar-refractivity contribution >= 4 is 21.9 Å². The van der Waals surface area contributed by atoms with Crippen LogP contribution in [0.15, 0.2) is 24.4 Å². The highest BCUT2D eigenvalue weighted by atomic mass is 32.2. The lowest BCUT2D eigenvalue weighted by Crippen LogP contribution is -2.58. The fraction of sp³-hybridized carbons (Fsp3) is 0.625. The molecule has 1 aromatic rings. The number of pyridine rings is 1. The second-order valence-electron chi connectivity index (χ2n) is 6.74. The van der Waals surface area contributed by atoms with E-state index in [4.69, 9.17) is 0 Å². The molecule has 2 aliphatic rings. The lowest BCUT2D eigenvalue weighted by atomic mass is 10.2. The van der Waals surface area contributed by atoms with E-state index < -0.39 is 10.0 Å². The van der Waals surface area contributed by atoms with Crippen LogP contribution < -0.4 is 10.2 Å². The largest absolute Gasteiger partial charge is 0.354 e. The average molecular weight is 367 g/mol. The molecule has 2 amide bonds. The van der Waals surface area contributed by atoms with Crippen molar-refractivity contribution in [3.05, 3.63) is 24.4 Å². The molecule has 138 valence electrons. The molecule has 9 heteroatoms. The summed E-state index contributed by atoms with van der Waals surface area (Å²) in [5.74, 6) is 0.926. The number of anilines is 1. The van der Waals surface area contributed by atoms with Crippen LogP contribution in [0, 0.1) is 0 Å². The second kappa shape index (κ2) is 7.17. The van der Waals surface area contributed by atoms with Crippen LogP contribution in [0.25, 0.3) is 0 Å². The van der Waals surface area contributed by atoms with Gasteiger partial charge in [0.2, 0.25) is 10.0 Å². The normalized spacial score (nSPS) is 25.2. The molecule has 2 saturated heterocycles. The molecular formula is C16H25N5O3S. The SMILES string of the molecule is C[C@H]1CN(C(=O)NC2CCN(c3ccccn3)C2)CCN1S(C)(=O)=O. The molecule has 8 nitrogen and oxygen atoms in total. The van der Waals surface area contributed by atoms with Gasteiger partial charge in [0, 0.05) is 51.0 Å². The van der Waals surface area contributed by atoms with Gasteiger partial charge in [-0.3, -0.25) is 0 Å². The minimum Gasteiger partial charge on any atom is -0.354 e. The summed E-state index contributed by atoms with van der Waals surface area (Å²) in [5.41, 5.74) is 0. The summed E-state index contributed by atoms with van der Waals surface area (Å²) in [5, 5.41) is 3.07. The molecule has 0 aromatic carbocycles. The number of hydrogen-bond donors (Lipinski definition) is 1. The number of amides is 2. The first kappa shape index (κ1) is 17.9. The van der Waals surface area contributed by atoms with Crippen LogP contribution in [0.4, 0.5) is 10.6 Å². The van der Waals surface area contributed by atoms with Gasteiger partial charge in [-0.2, -0.15) is 4.31 Å². The number of carbonyl (C=O) groups is 1. The summed E-state index contributed by atoms with van der Waals surface area (Å²) >= 11 is 0. The molecule has 0 saturated carbocycles. The van der Waals surface area contributed by atoms with Crippen LogP contribution in [0.5, 0.6) is 0 Å². The predicted molar refractivity (Wildman–Crippen MR) is 96.0 cm³/mol. The van der Waals surface area contributed by atoms with E-state index in [0.29, 0.717) is 19.6 Å². The van der Waals surface area contributed by atoms with Gasteiger partial charge in [0.05, 0.1) is 6.26 Å². The van der Waals surface area contributed by atoms with Gasteiger partial charge in [0.15, 0.2) is 0 Å². The Morgan fingerprint density at radius 2 is 2.04 bits per heavy atom. The van der Waals surface area contributed by atoms with Crippen molar-refractivity contribution in [2.45, 2.75) is 25.4 Å². The minimum absolute atomic E-state index is 0.0812. The van der Waals surface area contributed by atoms with Crippen LogP contribution in [0.2, 0.25) is 0 Å². The van der Waals surface area contributed by atoms with Gasteiger partial charge in [-0.15, -0.1) is 0 Å². The number of nitrogens with one attached hydrogen (secondary N) is 1. The first-order chi connectivity index (χ1) is 11.8. The zero-order chi connectivity index (χ0) is 18.0. The molecule has 3 heterocycles. The van der Waals surface area contributed by atoms with Gasteiger partial charge in [0.1, 0.15) is 5.82 Å². The highest BCUT2D eigenvalue weighted by Gasteiger charge is 2.33. The Bertz CT molecular complexity index is 712. The molecule has 0 bridgehead atoms. The van der Waals surface area contributed by atoms with E-state index in [1.54, 1.807) is 11.1 Å². The number of carbonyl (C=O) groups excluding carboxylic acids is 1. The lowest BCUT2D eigenvalue weighted by Gasteiger charge is -2.38. The Morgan fingerprint density at radius 1 is 1.24 bits per heavy atom. The highest BCUT2D eigenvalue weighted by molar-refractivity contribution is 7.88. The second-order valence-corrected chi connectivity index (χ2v) is 8.67. The van der Waals surface area contributed by atoms with E-state index in [2.05, 4.69) is 15.2 Å². The quantitative estimate of drug-likeness (QED) is 0.832. The fourth-order valence-electron chi connectivity index (χ4n) is 3.51. The van der Waals surface area contributed by atoms with Crippen molar-refractivity contribution in [1.82, 2.24) is 19.5 Å². The smallest absolute Gasteiger partial charge is 0.317 e. The van der Waals surface area contributed by atoms with Crippen molar-refractivity contribution in [2.75, 3.05) is 43.9 Å². The molecule has 1 N–H and O–H groups in total. The molecule has 0 radical (unpaired) electrons. The Labute approximate surface area is 148 Å². The summed E-state index contributed by atoms with van der Waals surface area (Å²) in [4.78, 5) is 20.7. The van der Waals surface area contributed by atoms with E-state index in [-0.39, 0.29) is 18.1 Å². The molecule has 1 unspecified atom stereocenters. The zero-order valence-corrected chi connectivity index (χ0v) is 15.4. The topological polar surface area (TPSA) is 85.8 Å². The molecule has 2 aliphatic heterocycles. The van der Waals surface area contributed by atoms with Gasteiger partial charge in [-0.1, -0.05) is 6.07 Å². The first-order valence-corrected chi connectivity index (χ1v) is 10.4. The first-order valence-electron chi connectivity index (χ1n) is 8.53. The number of sulfonamides is 1. The Hall–Kier alpha value is -1.87. The van der Waals surface area contributed by atoms with Crippen molar-refractivity contribution in [1.29, 1.82) is 0 Å². The molecule has 0 aliphatic carbocycles. The minimum atomic E-state index is -3.22. The van der Waals surface area contributed by atoms with Gasteiger partial charge in [0.25, 0.3) is 0 Å². The molecule has 2 atom stereocenters. The van der Waals surface area contributed by atoms with E-state index in [1.165, 1.54) is 10.6 Å². The molecule has 1 aromatic heterocycles. The zero-order valence-electron chi connectivity index (χ0n) is 14.6. The average Bonchev–Trinajstić information content (AvgIpc) is 3.03. The van der Waals surface area contributed by atoms with Crippen LogP contribution in [-0.2, 0) is 10.0 Å². The maximum Gasteiger partial charge on any atom is 0.317 e. The summed E-state index contributed by atoms with van der Waals surface area (Å²) in [6.45, 7) is 4.61. The van der Waals surface area contributed by atoms with Gasteiger partial charge >= 0.3 is 6.03 Å². The molecule has 3 rings (SSSR count). The fourth-order valence-corrected chi connectivity index (χ4v) is 4.64.